The Hall–Kier alpha value is -1.17. The number of nitrogens with zero attached hydrogens (tertiary/aromatic N) is 1. The number of alkyl halides is 2. The number of hydrogen-bond acceptors (Lipinski definition) is 2. The second-order valence-corrected chi connectivity index (χ2v) is 4.10. The zero-order valence-electron chi connectivity index (χ0n) is 8.45. The summed E-state index contributed by atoms with van der Waals surface area (Å²) in [6.07, 6.45) is -2.57. The number of rotatable bonds is 3. The fourth-order valence-electron chi connectivity index (χ4n) is 1.16. The molecule has 0 bridgehead atoms. The van der Waals surface area contributed by atoms with Crippen LogP contribution in [0.3, 0.4) is 0 Å². The van der Waals surface area contributed by atoms with Crippen LogP contribution in [0.2, 0.25) is 0 Å². The minimum absolute atomic E-state index is 0.101. The highest BCUT2D eigenvalue weighted by Crippen LogP contribution is 2.24. The second-order valence-electron chi connectivity index (χ2n) is 3.24. The molecule has 0 fully saturated rings. The van der Waals surface area contributed by atoms with E-state index in [9.17, 15) is 18.7 Å². The van der Waals surface area contributed by atoms with Gasteiger partial charge in [0.2, 0.25) is 0 Å². The van der Waals surface area contributed by atoms with E-state index in [1.54, 1.807) is 0 Å². The highest BCUT2D eigenvalue weighted by Gasteiger charge is 2.16. The molecule has 6 heteroatoms. The minimum atomic E-state index is -2.57. The van der Waals surface area contributed by atoms with Gasteiger partial charge in [-0.3, -0.25) is 4.79 Å². The number of carbonyl (C=O) groups is 1. The van der Waals surface area contributed by atoms with Gasteiger partial charge in [-0.15, -0.1) is 0 Å². The van der Waals surface area contributed by atoms with Crippen molar-refractivity contribution >= 4 is 21.8 Å². The fourth-order valence-corrected chi connectivity index (χ4v) is 1.40. The summed E-state index contributed by atoms with van der Waals surface area (Å²) >= 11 is 3.06. The molecule has 1 aromatic carbocycles. The van der Waals surface area contributed by atoms with Crippen molar-refractivity contribution in [2.45, 2.75) is 6.43 Å². The summed E-state index contributed by atoms with van der Waals surface area (Å²) < 4.78 is 24.6. The summed E-state index contributed by atoms with van der Waals surface area (Å²) in [5.41, 5.74) is 0.170. The van der Waals surface area contributed by atoms with Gasteiger partial charge in [-0.25, -0.2) is 8.78 Å². The van der Waals surface area contributed by atoms with Crippen molar-refractivity contribution in [2.75, 3.05) is 13.6 Å². The third-order valence-corrected chi connectivity index (χ3v) is 2.62. The molecule has 1 aromatic rings. The first-order chi connectivity index (χ1) is 7.41. The molecular formula is C10H10BrF2NO2. The molecule has 3 nitrogen and oxygen atoms in total. The topological polar surface area (TPSA) is 40.5 Å². The zero-order valence-corrected chi connectivity index (χ0v) is 10.0. The van der Waals surface area contributed by atoms with Crippen molar-refractivity contribution in [3.63, 3.8) is 0 Å². The summed E-state index contributed by atoms with van der Waals surface area (Å²) in [5, 5.41) is 9.35. The lowest BCUT2D eigenvalue weighted by Gasteiger charge is -2.16. The maximum atomic E-state index is 12.1. The molecule has 0 aliphatic heterocycles. The average molecular weight is 294 g/mol. The van der Waals surface area contributed by atoms with Crippen molar-refractivity contribution in [3.05, 3.63) is 28.2 Å². The van der Waals surface area contributed by atoms with Crippen LogP contribution >= 0.6 is 15.9 Å². The number of aromatic hydroxyl groups is 1. The fraction of sp³-hybridized carbons (Fsp3) is 0.300. The highest BCUT2D eigenvalue weighted by atomic mass is 79.9. The largest absolute Gasteiger partial charge is 0.507 e. The summed E-state index contributed by atoms with van der Waals surface area (Å²) in [6.45, 7) is -0.629. The quantitative estimate of drug-likeness (QED) is 0.930. The van der Waals surface area contributed by atoms with E-state index in [1.807, 2.05) is 0 Å². The van der Waals surface area contributed by atoms with Gasteiger partial charge in [-0.2, -0.15) is 0 Å². The van der Waals surface area contributed by atoms with Gasteiger partial charge >= 0.3 is 0 Å². The van der Waals surface area contributed by atoms with Gasteiger partial charge in [0, 0.05) is 12.6 Å². The number of phenolic OH excluding ortho intramolecular Hbond substituents is 1. The van der Waals surface area contributed by atoms with Gasteiger partial charge < -0.3 is 10.0 Å². The van der Waals surface area contributed by atoms with E-state index in [0.717, 1.165) is 4.90 Å². The number of carbonyl (C=O) groups excluding carboxylic acids is 1. The lowest BCUT2D eigenvalue weighted by molar-refractivity contribution is 0.0620. The smallest absolute Gasteiger partial charge is 0.255 e. The van der Waals surface area contributed by atoms with E-state index in [1.165, 1.54) is 25.2 Å². The molecule has 1 N–H and O–H groups in total. The standard InChI is InChI=1S/C10H10BrF2NO2/c1-14(5-9(12)13)10(16)6-2-3-7(11)8(15)4-6/h2-4,9,15H,5H2,1H3. The van der Waals surface area contributed by atoms with Crippen LogP contribution in [0.5, 0.6) is 5.75 Å². The molecule has 1 amide bonds. The van der Waals surface area contributed by atoms with Crippen LogP contribution in [0.15, 0.2) is 22.7 Å². The molecule has 0 saturated carbocycles. The van der Waals surface area contributed by atoms with Gasteiger partial charge in [0.25, 0.3) is 12.3 Å². The summed E-state index contributed by atoms with van der Waals surface area (Å²) in [6, 6.07) is 4.17. The SMILES string of the molecule is CN(CC(F)F)C(=O)c1ccc(Br)c(O)c1. The molecule has 0 aliphatic carbocycles. The first kappa shape index (κ1) is 12.9. The third kappa shape index (κ3) is 3.16. The van der Waals surface area contributed by atoms with Crippen molar-refractivity contribution in [3.8, 4) is 5.75 Å². The molecule has 0 spiro atoms. The molecule has 16 heavy (non-hydrogen) atoms. The number of amides is 1. The molecule has 0 unspecified atom stereocenters. The maximum absolute atomic E-state index is 12.1. The average Bonchev–Trinajstić information content (AvgIpc) is 2.20. The highest BCUT2D eigenvalue weighted by molar-refractivity contribution is 9.10. The second kappa shape index (κ2) is 5.25. The zero-order chi connectivity index (χ0) is 12.3. The third-order valence-electron chi connectivity index (χ3n) is 1.95. The van der Waals surface area contributed by atoms with E-state index < -0.39 is 18.9 Å². The Morgan fingerprint density at radius 2 is 2.19 bits per heavy atom. The number of phenols is 1. The van der Waals surface area contributed by atoms with Crippen LogP contribution < -0.4 is 0 Å². The monoisotopic (exact) mass is 293 g/mol. The number of halogens is 3. The maximum Gasteiger partial charge on any atom is 0.255 e. The Balaban J connectivity index is 2.84. The van der Waals surface area contributed by atoms with Gasteiger partial charge in [-0.1, -0.05) is 0 Å². The van der Waals surface area contributed by atoms with Crippen molar-refractivity contribution in [1.82, 2.24) is 4.90 Å². The molecule has 88 valence electrons. The summed E-state index contributed by atoms with van der Waals surface area (Å²) in [7, 11) is 1.29. The molecule has 0 radical (unpaired) electrons. The van der Waals surface area contributed by atoms with Crippen LogP contribution in [0.1, 0.15) is 10.4 Å². The molecule has 0 aliphatic rings. The van der Waals surface area contributed by atoms with Crippen LogP contribution in [-0.4, -0.2) is 35.9 Å². The Kier molecular flexibility index (Phi) is 4.23. The predicted octanol–water partition coefficient (Wildman–Crippen LogP) is 2.49. The van der Waals surface area contributed by atoms with Crippen molar-refractivity contribution in [1.29, 1.82) is 0 Å². The Morgan fingerprint density at radius 1 is 1.56 bits per heavy atom. The van der Waals surface area contributed by atoms with Gasteiger partial charge in [0.1, 0.15) is 5.75 Å². The first-order valence-corrected chi connectivity index (χ1v) is 5.23. The van der Waals surface area contributed by atoms with Crippen molar-refractivity contribution in [2.24, 2.45) is 0 Å². The number of benzene rings is 1. The van der Waals surface area contributed by atoms with E-state index in [0.29, 0.717) is 4.47 Å². The van der Waals surface area contributed by atoms with E-state index in [2.05, 4.69) is 15.9 Å². The van der Waals surface area contributed by atoms with Crippen LogP contribution in [0.25, 0.3) is 0 Å². The van der Waals surface area contributed by atoms with Crippen LogP contribution in [0, 0.1) is 0 Å². The Bertz CT molecular complexity index is 398. The van der Waals surface area contributed by atoms with Gasteiger partial charge in [0.05, 0.1) is 11.0 Å². The molecule has 0 saturated heterocycles. The molecular weight excluding hydrogens is 284 g/mol. The normalized spacial score (nSPS) is 10.6. The minimum Gasteiger partial charge on any atom is -0.507 e. The molecule has 1 rings (SSSR count). The lowest BCUT2D eigenvalue weighted by atomic mass is 10.2. The Labute approximate surface area is 99.8 Å². The van der Waals surface area contributed by atoms with E-state index >= 15 is 0 Å². The van der Waals surface area contributed by atoms with Gasteiger partial charge in [-0.05, 0) is 34.1 Å². The van der Waals surface area contributed by atoms with Gasteiger partial charge in [0.15, 0.2) is 0 Å². The molecule has 0 atom stereocenters. The summed E-state index contributed by atoms with van der Waals surface area (Å²) in [4.78, 5) is 12.5. The summed E-state index contributed by atoms with van der Waals surface area (Å²) in [5.74, 6) is -0.653. The number of hydrogen-bond donors (Lipinski definition) is 1. The van der Waals surface area contributed by atoms with E-state index in [-0.39, 0.29) is 11.3 Å². The van der Waals surface area contributed by atoms with Crippen LogP contribution in [-0.2, 0) is 0 Å². The molecule has 0 heterocycles. The van der Waals surface area contributed by atoms with Crippen LogP contribution in [0.4, 0.5) is 8.78 Å². The van der Waals surface area contributed by atoms with Crippen molar-refractivity contribution < 1.29 is 18.7 Å². The first-order valence-electron chi connectivity index (χ1n) is 4.44. The Morgan fingerprint density at radius 3 is 2.69 bits per heavy atom. The van der Waals surface area contributed by atoms with E-state index in [4.69, 9.17) is 0 Å². The lowest BCUT2D eigenvalue weighted by Crippen LogP contribution is -2.31. The molecule has 0 aromatic heterocycles. The predicted molar refractivity (Wildman–Crippen MR) is 58.8 cm³/mol.